The van der Waals surface area contributed by atoms with Gasteiger partial charge in [-0.1, -0.05) is 11.6 Å². The molecule has 1 aromatic rings. The Labute approximate surface area is 173 Å². The van der Waals surface area contributed by atoms with Crippen molar-refractivity contribution in [2.45, 2.75) is 63.3 Å². The first-order chi connectivity index (χ1) is 13.7. The van der Waals surface area contributed by atoms with Crippen LogP contribution >= 0.6 is 11.6 Å². The number of nitrogens with zero attached hydrogens (tertiary/aromatic N) is 2. The van der Waals surface area contributed by atoms with Gasteiger partial charge in [-0.3, -0.25) is 4.79 Å². The van der Waals surface area contributed by atoms with E-state index in [4.69, 9.17) is 11.6 Å². The van der Waals surface area contributed by atoms with Crippen LogP contribution in [0, 0.1) is 5.41 Å². The monoisotopic (exact) mass is 430 g/mol. The Balaban J connectivity index is 1.54. The van der Waals surface area contributed by atoms with E-state index in [1.807, 2.05) is 9.80 Å². The summed E-state index contributed by atoms with van der Waals surface area (Å²) in [6.45, 7) is 1.67. The SMILES string of the molecule is O=C1N([C@H]2CC[C@H](O)CC2)CC[C@]12CCCN(c1cc(C(F)(F)F)ccc1Cl)C2. The predicted octanol–water partition coefficient (Wildman–Crippen LogP) is 4.48. The Morgan fingerprint density at radius 3 is 2.52 bits per heavy atom. The minimum atomic E-state index is -4.43. The lowest BCUT2D eigenvalue weighted by molar-refractivity contribution is -0.139. The van der Waals surface area contributed by atoms with E-state index in [1.165, 1.54) is 6.07 Å². The zero-order valence-electron chi connectivity index (χ0n) is 16.2. The molecule has 1 aliphatic carbocycles. The van der Waals surface area contributed by atoms with Crippen molar-refractivity contribution in [3.8, 4) is 0 Å². The molecule has 8 heteroatoms. The van der Waals surface area contributed by atoms with E-state index in [0.29, 0.717) is 38.2 Å². The summed E-state index contributed by atoms with van der Waals surface area (Å²) in [6, 6.07) is 3.54. The number of piperidine rings is 1. The largest absolute Gasteiger partial charge is 0.416 e. The van der Waals surface area contributed by atoms with Crippen molar-refractivity contribution in [1.82, 2.24) is 4.90 Å². The van der Waals surface area contributed by atoms with Crippen LogP contribution in [0.2, 0.25) is 5.02 Å². The van der Waals surface area contributed by atoms with Crippen molar-refractivity contribution in [1.29, 1.82) is 0 Å². The Kier molecular flexibility index (Phi) is 5.49. The zero-order chi connectivity index (χ0) is 20.8. The molecular weight excluding hydrogens is 405 g/mol. The molecule has 0 aromatic heterocycles. The molecule has 160 valence electrons. The maximum Gasteiger partial charge on any atom is 0.416 e. The second-order valence-corrected chi connectivity index (χ2v) is 9.09. The first-order valence-electron chi connectivity index (χ1n) is 10.3. The first-order valence-corrected chi connectivity index (χ1v) is 10.7. The third kappa shape index (κ3) is 3.96. The zero-order valence-corrected chi connectivity index (χ0v) is 17.0. The van der Waals surface area contributed by atoms with Crippen LogP contribution in [0.15, 0.2) is 18.2 Å². The summed E-state index contributed by atoms with van der Waals surface area (Å²) in [5, 5.41) is 10.0. The van der Waals surface area contributed by atoms with Gasteiger partial charge in [0.05, 0.1) is 27.8 Å². The second-order valence-electron chi connectivity index (χ2n) is 8.68. The fraction of sp³-hybridized carbons (Fsp3) is 0.667. The molecule has 2 heterocycles. The summed E-state index contributed by atoms with van der Waals surface area (Å²) in [7, 11) is 0. The normalized spacial score (nSPS) is 31.0. The van der Waals surface area contributed by atoms with Gasteiger partial charge >= 0.3 is 6.18 Å². The van der Waals surface area contributed by atoms with Gasteiger partial charge in [0.2, 0.25) is 5.91 Å². The summed E-state index contributed by atoms with van der Waals surface area (Å²) in [6.07, 6.45) is 0.571. The highest BCUT2D eigenvalue weighted by Crippen LogP contribution is 2.45. The van der Waals surface area contributed by atoms with Crippen molar-refractivity contribution in [2.75, 3.05) is 24.5 Å². The van der Waals surface area contributed by atoms with Crippen LogP contribution in [-0.4, -0.2) is 47.7 Å². The third-order valence-corrected chi connectivity index (χ3v) is 7.16. The fourth-order valence-corrected chi connectivity index (χ4v) is 5.45. The Hall–Kier alpha value is -1.47. The molecule has 2 aliphatic heterocycles. The number of anilines is 1. The molecule has 1 atom stereocenters. The van der Waals surface area contributed by atoms with E-state index in [0.717, 1.165) is 44.2 Å². The number of rotatable bonds is 2. The molecule has 3 aliphatic rings. The minimum absolute atomic E-state index is 0.117. The number of hydrogen-bond donors (Lipinski definition) is 1. The number of aliphatic hydroxyl groups is 1. The lowest BCUT2D eigenvalue weighted by atomic mass is 9.78. The van der Waals surface area contributed by atoms with Crippen molar-refractivity contribution in [3.63, 3.8) is 0 Å². The molecule has 1 spiro atoms. The molecule has 1 saturated carbocycles. The van der Waals surface area contributed by atoms with Crippen molar-refractivity contribution in [2.24, 2.45) is 5.41 Å². The van der Waals surface area contributed by atoms with E-state index >= 15 is 0 Å². The Bertz CT molecular complexity index is 780. The molecular formula is C21H26ClF3N2O2. The smallest absolute Gasteiger partial charge is 0.393 e. The van der Waals surface area contributed by atoms with Crippen LogP contribution < -0.4 is 4.90 Å². The van der Waals surface area contributed by atoms with Gasteiger partial charge in [0, 0.05) is 25.7 Å². The van der Waals surface area contributed by atoms with Gasteiger partial charge in [-0.05, 0) is 63.1 Å². The van der Waals surface area contributed by atoms with Crippen LogP contribution in [0.1, 0.15) is 50.5 Å². The van der Waals surface area contributed by atoms with Gasteiger partial charge < -0.3 is 14.9 Å². The Morgan fingerprint density at radius 2 is 1.83 bits per heavy atom. The maximum atomic E-state index is 13.4. The highest BCUT2D eigenvalue weighted by molar-refractivity contribution is 6.33. The summed E-state index contributed by atoms with van der Waals surface area (Å²) in [5.41, 5.74) is -0.921. The van der Waals surface area contributed by atoms with Gasteiger partial charge in [0.1, 0.15) is 0 Å². The first kappa shape index (κ1) is 20.8. The summed E-state index contributed by atoms with van der Waals surface area (Å²) in [5.74, 6) is 0.117. The fourth-order valence-electron chi connectivity index (χ4n) is 5.21. The molecule has 3 fully saturated rings. The molecule has 0 bridgehead atoms. The molecule has 2 saturated heterocycles. The summed E-state index contributed by atoms with van der Waals surface area (Å²) < 4.78 is 39.5. The molecule has 0 radical (unpaired) electrons. The van der Waals surface area contributed by atoms with Gasteiger partial charge in [-0.2, -0.15) is 13.2 Å². The number of aliphatic hydroxyl groups excluding tert-OH is 1. The van der Waals surface area contributed by atoms with E-state index in [9.17, 15) is 23.1 Å². The number of amides is 1. The number of carbonyl (C=O) groups excluding carboxylic acids is 1. The van der Waals surface area contributed by atoms with Crippen LogP contribution in [0.25, 0.3) is 0 Å². The highest BCUT2D eigenvalue weighted by Gasteiger charge is 2.51. The van der Waals surface area contributed by atoms with Gasteiger partial charge in [0.25, 0.3) is 0 Å². The second kappa shape index (κ2) is 7.65. The number of halogens is 4. The number of alkyl halides is 3. The number of hydrogen-bond acceptors (Lipinski definition) is 3. The van der Waals surface area contributed by atoms with Crippen LogP contribution in [0.4, 0.5) is 18.9 Å². The standard InChI is InChI=1S/C21H26ClF3N2O2/c22-17-7-2-14(21(23,24)25)12-18(17)26-10-1-8-20(13-26)9-11-27(19(20)29)15-3-5-16(28)6-4-15/h2,7,12,15-16,28H,1,3-6,8-11,13H2/t15-,16-,20-/m0/s1. The number of likely N-dealkylation sites (tertiary alicyclic amines) is 1. The van der Waals surface area contributed by atoms with Crippen molar-refractivity contribution < 1.29 is 23.1 Å². The molecule has 1 N–H and O–H groups in total. The molecule has 1 amide bonds. The van der Waals surface area contributed by atoms with E-state index in [-0.39, 0.29) is 23.1 Å². The highest BCUT2D eigenvalue weighted by atomic mass is 35.5. The quantitative estimate of drug-likeness (QED) is 0.752. The Morgan fingerprint density at radius 1 is 1.10 bits per heavy atom. The topological polar surface area (TPSA) is 43.8 Å². The van der Waals surface area contributed by atoms with Crippen LogP contribution in [0.5, 0.6) is 0 Å². The molecule has 4 rings (SSSR count). The molecule has 29 heavy (non-hydrogen) atoms. The van der Waals surface area contributed by atoms with E-state index in [1.54, 1.807) is 0 Å². The average Bonchev–Trinajstić information content (AvgIpc) is 2.98. The van der Waals surface area contributed by atoms with E-state index in [2.05, 4.69) is 0 Å². The predicted molar refractivity (Wildman–Crippen MR) is 105 cm³/mol. The van der Waals surface area contributed by atoms with Crippen molar-refractivity contribution in [3.05, 3.63) is 28.8 Å². The lowest BCUT2D eigenvalue weighted by Gasteiger charge is -2.41. The third-order valence-electron chi connectivity index (χ3n) is 6.84. The lowest BCUT2D eigenvalue weighted by Crippen LogP contribution is -2.50. The molecule has 4 nitrogen and oxygen atoms in total. The van der Waals surface area contributed by atoms with Gasteiger partial charge in [0.15, 0.2) is 0 Å². The maximum absolute atomic E-state index is 13.4. The van der Waals surface area contributed by atoms with Crippen LogP contribution in [0.3, 0.4) is 0 Å². The summed E-state index contributed by atoms with van der Waals surface area (Å²) >= 11 is 6.25. The molecule has 0 unspecified atom stereocenters. The van der Waals surface area contributed by atoms with Crippen molar-refractivity contribution >= 4 is 23.2 Å². The minimum Gasteiger partial charge on any atom is -0.393 e. The summed E-state index contributed by atoms with van der Waals surface area (Å²) in [4.78, 5) is 17.2. The van der Waals surface area contributed by atoms with Crippen LogP contribution in [-0.2, 0) is 11.0 Å². The van der Waals surface area contributed by atoms with Gasteiger partial charge in [-0.25, -0.2) is 0 Å². The van der Waals surface area contributed by atoms with E-state index < -0.39 is 17.2 Å². The number of benzene rings is 1. The average molecular weight is 431 g/mol. The number of carbonyl (C=O) groups is 1. The van der Waals surface area contributed by atoms with Gasteiger partial charge in [-0.15, -0.1) is 0 Å². The molecule has 1 aromatic carbocycles.